The van der Waals surface area contributed by atoms with Gasteiger partial charge in [0.05, 0.1) is 6.10 Å². The highest BCUT2D eigenvalue weighted by Crippen LogP contribution is 2.31. The average Bonchev–Trinajstić information content (AvgIpc) is 2.35. The van der Waals surface area contributed by atoms with E-state index in [0.29, 0.717) is 0 Å². The highest BCUT2D eigenvalue weighted by atomic mass is 16.3. The lowest BCUT2D eigenvalue weighted by atomic mass is 9.93. The van der Waals surface area contributed by atoms with Gasteiger partial charge < -0.3 is 5.11 Å². The maximum atomic E-state index is 9.29. The van der Waals surface area contributed by atoms with E-state index in [1.165, 1.54) is 19.3 Å². The second-order valence-electron chi connectivity index (χ2n) is 4.08. The summed E-state index contributed by atoms with van der Waals surface area (Å²) in [6, 6.07) is 0. The van der Waals surface area contributed by atoms with Crippen LogP contribution in [-0.4, -0.2) is 11.2 Å². The van der Waals surface area contributed by atoms with E-state index in [9.17, 15) is 5.11 Å². The van der Waals surface area contributed by atoms with Gasteiger partial charge in [0, 0.05) is 0 Å². The highest BCUT2D eigenvalue weighted by molar-refractivity contribution is 4.75. The first kappa shape index (κ1) is 9.05. The molecular formula is C10H20O. The van der Waals surface area contributed by atoms with Crippen molar-refractivity contribution in [1.29, 1.82) is 0 Å². The Labute approximate surface area is 69.8 Å². The second-order valence-corrected chi connectivity index (χ2v) is 4.08. The summed E-state index contributed by atoms with van der Waals surface area (Å²) in [4.78, 5) is 0. The molecule has 0 heterocycles. The zero-order valence-corrected chi connectivity index (χ0v) is 7.71. The summed E-state index contributed by atoms with van der Waals surface area (Å²) in [5, 5.41) is 9.29. The quantitative estimate of drug-likeness (QED) is 0.666. The van der Waals surface area contributed by atoms with Crippen molar-refractivity contribution < 1.29 is 5.11 Å². The summed E-state index contributed by atoms with van der Waals surface area (Å²) in [6.45, 7) is 4.56. The van der Waals surface area contributed by atoms with Crippen LogP contribution in [0, 0.1) is 11.8 Å². The van der Waals surface area contributed by atoms with E-state index in [1.54, 1.807) is 0 Å². The summed E-state index contributed by atoms with van der Waals surface area (Å²) in [6.07, 6.45) is 5.99. The zero-order valence-electron chi connectivity index (χ0n) is 7.71. The SMILES string of the molecule is CCC(C)CC1CCC(O)C1. The fraction of sp³-hybridized carbons (Fsp3) is 1.00. The van der Waals surface area contributed by atoms with Crippen molar-refractivity contribution in [2.75, 3.05) is 0 Å². The third-order valence-electron chi connectivity index (χ3n) is 2.95. The van der Waals surface area contributed by atoms with Crippen molar-refractivity contribution in [2.24, 2.45) is 11.8 Å². The average molecular weight is 156 g/mol. The molecule has 3 atom stereocenters. The van der Waals surface area contributed by atoms with Gasteiger partial charge in [0.15, 0.2) is 0 Å². The van der Waals surface area contributed by atoms with Crippen molar-refractivity contribution in [3.8, 4) is 0 Å². The maximum Gasteiger partial charge on any atom is 0.0543 e. The predicted octanol–water partition coefficient (Wildman–Crippen LogP) is 2.58. The van der Waals surface area contributed by atoms with Crippen molar-refractivity contribution in [3.05, 3.63) is 0 Å². The maximum absolute atomic E-state index is 9.29. The molecule has 0 bridgehead atoms. The molecule has 11 heavy (non-hydrogen) atoms. The van der Waals surface area contributed by atoms with E-state index < -0.39 is 0 Å². The van der Waals surface area contributed by atoms with Gasteiger partial charge in [-0.2, -0.15) is 0 Å². The first-order valence-electron chi connectivity index (χ1n) is 4.90. The fourth-order valence-electron chi connectivity index (χ4n) is 2.00. The third-order valence-corrected chi connectivity index (χ3v) is 2.95. The Hall–Kier alpha value is -0.0400. The molecule has 0 saturated heterocycles. The van der Waals surface area contributed by atoms with Crippen LogP contribution in [0.25, 0.3) is 0 Å². The molecule has 1 aliphatic rings. The Kier molecular flexibility index (Phi) is 3.38. The number of hydrogen-bond donors (Lipinski definition) is 1. The molecule has 3 unspecified atom stereocenters. The van der Waals surface area contributed by atoms with Gasteiger partial charge >= 0.3 is 0 Å². The topological polar surface area (TPSA) is 20.2 Å². The smallest absolute Gasteiger partial charge is 0.0543 e. The van der Waals surface area contributed by atoms with Gasteiger partial charge in [-0.15, -0.1) is 0 Å². The lowest BCUT2D eigenvalue weighted by Crippen LogP contribution is -2.04. The van der Waals surface area contributed by atoms with Crippen molar-refractivity contribution in [2.45, 2.75) is 52.1 Å². The van der Waals surface area contributed by atoms with Crippen LogP contribution < -0.4 is 0 Å². The van der Waals surface area contributed by atoms with Crippen LogP contribution in [0.5, 0.6) is 0 Å². The van der Waals surface area contributed by atoms with Crippen LogP contribution in [0.1, 0.15) is 46.0 Å². The number of rotatable bonds is 3. The molecule has 0 aliphatic heterocycles. The molecule has 0 aromatic carbocycles. The van der Waals surface area contributed by atoms with Gasteiger partial charge in [0.2, 0.25) is 0 Å². The van der Waals surface area contributed by atoms with E-state index in [4.69, 9.17) is 0 Å². The molecule has 1 saturated carbocycles. The molecule has 1 rings (SSSR count). The largest absolute Gasteiger partial charge is 0.393 e. The molecule has 0 aromatic rings. The lowest BCUT2D eigenvalue weighted by molar-refractivity contribution is 0.175. The van der Waals surface area contributed by atoms with E-state index in [1.807, 2.05) is 0 Å². The first-order chi connectivity index (χ1) is 5.22. The molecule has 1 fully saturated rings. The lowest BCUT2D eigenvalue weighted by Gasteiger charge is -2.13. The molecule has 0 spiro atoms. The standard InChI is InChI=1S/C10H20O/c1-3-8(2)6-9-4-5-10(11)7-9/h8-11H,3-7H2,1-2H3. The Morgan fingerprint density at radius 1 is 1.45 bits per heavy atom. The molecular weight excluding hydrogens is 136 g/mol. The van der Waals surface area contributed by atoms with Crippen LogP contribution in [0.3, 0.4) is 0 Å². The summed E-state index contributed by atoms with van der Waals surface area (Å²) in [5.74, 6) is 1.67. The van der Waals surface area contributed by atoms with Crippen LogP contribution in [0.2, 0.25) is 0 Å². The van der Waals surface area contributed by atoms with Crippen molar-refractivity contribution >= 4 is 0 Å². The Morgan fingerprint density at radius 3 is 2.64 bits per heavy atom. The first-order valence-corrected chi connectivity index (χ1v) is 4.90. The van der Waals surface area contributed by atoms with Gasteiger partial charge in [0.25, 0.3) is 0 Å². The zero-order chi connectivity index (χ0) is 8.27. The molecule has 1 N–H and O–H groups in total. The summed E-state index contributed by atoms with van der Waals surface area (Å²) < 4.78 is 0. The van der Waals surface area contributed by atoms with Gasteiger partial charge in [-0.3, -0.25) is 0 Å². The summed E-state index contributed by atoms with van der Waals surface area (Å²) in [7, 11) is 0. The Balaban J connectivity index is 2.17. The minimum absolute atomic E-state index is 0.0176. The van der Waals surface area contributed by atoms with Crippen LogP contribution in [0.4, 0.5) is 0 Å². The van der Waals surface area contributed by atoms with Gasteiger partial charge in [-0.1, -0.05) is 20.3 Å². The Morgan fingerprint density at radius 2 is 2.18 bits per heavy atom. The molecule has 1 heteroatoms. The second kappa shape index (κ2) is 4.10. The van der Waals surface area contributed by atoms with E-state index in [-0.39, 0.29) is 6.10 Å². The van der Waals surface area contributed by atoms with Gasteiger partial charge in [0.1, 0.15) is 0 Å². The molecule has 0 amide bonds. The number of hydrogen-bond acceptors (Lipinski definition) is 1. The Bertz CT molecular complexity index is 111. The predicted molar refractivity (Wildman–Crippen MR) is 47.4 cm³/mol. The number of aliphatic hydroxyl groups is 1. The fourth-order valence-corrected chi connectivity index (χ4v) is 2.00. The van der Waals surface area contributed by atoms with Gasteiger partial charge in [-0.05, 0) is 37.5 Å². The van der Waals surface area contributed by atoms with Crippen LogP contribution in [-0.2, 0) is 0 Å². The normalized spacial score (nSPS) is 34.1. The molecule has 66 valence electrons. The highest BCUT2D eigenvalue weighted by Gasteiger charge is 2.23. The molecule has 0 radical (unpaired) electrons. The number of aliphatic hydroxyl groups excluding tert-OH is 1. The summed E-state index contributed by atoms with van der Waals surface area (Å²) in [5.41, 5.74) is 0. The molecule has 1 aliphatic carbocycles. The summed E-state index contributed by atoms with van der Waals surface area (Å²) >= 11 is 0. The van der Waals surface area contributed by atoms with Crippen molar-refractivity contribution in [3.63, 3.8) is 0 Å². The van der Waals surface area contributed by atoms with E-state index in [2.05, 4.69) is 13.8 Å². The van der Waals surface area contributed by atoms with Crippen molar-refractivity contribution in [1.82, 2.24) is 0 Å². The van der Waals surface area contributed by atoms with Crippen LogP contribution >= 0.6 is 0 Å². The van der Waals surface area contributed by atoms with Gasteiger partial charge in [-0.25, -0.2) is 0 Å². The molecule has 0 aromatic heterocycles. The van der Waals surface area contributed by atoms with Crippen LogP contribution in [0.15, 0.2) is 0 Å². The minimum Gasteiger partial charge on any atom is -0.393 e. The monoisotopic (exact) mass is 156 g/mol. The molecule has 1 nitrogen and oxygen atoms in total. The van der Waals surface area contributed by atoms with E-state index >= 15 is 0 Å². The van der Waals surface area contributed by atoms with E-state index in [0.717, 1.165) is 24.7 Å². The minimum atomic E-state index is 0.0176. The third kappa shape index (κ3) is 2.82.